The maximum Gasteiger partial charge on any atom is 0.255 e. The van der Waals surface area contributed by atoms with Gasteiger partial charge in [0.05, 0.1) is 5.56 Å². The first-order valence-electron chi connectivity index (χ1n) is 7.38. The van der Waals surface area contributed by atoms with Crippen LogP contribution in [0.1, 0.15) is 37.0 Å². The largest absolute Gasteiger partial charge is 0.486 e. The van der Waals surface area contributed by atoms with Crippen LogP contribution in [0, 0.1) is 5.41 Å². The number of halogens is 1. The highest BCUT2D eigenvalue weighted by atomic mass is 79.9. The van der Waals surface area contributed by atoms with Gasteiger partial charge in [0.2, 0.25) is 0 Å². The molecule has 5 heteroatoms. The predicted molar refractivity (Wildman–Crippen MR) is 86.6 cm³/mol. The Kier molecular flexibility index (Phi) is 5.51. The SMILES string of the molecule is CCC(CC)(CBr)CNC(=O)c1cccc2c1OCCO2. The minimum absolute atomic E-state index is 0.0991. The van der Waals surface area contributed by atoms with Gasteiger partial charge in [-0.2, -0.15) is 0 Å². The monoisotopic (exact) mass is 355 g/mol. The van der Waals surface area contributed by atoms with Crippen molar-refractivity contribution >= 4 is 21.8 Å². The number of benzene rings is 1. The Morgan fingerprint density at radius 3 is 2.67 bits per heavy atom. The van der Waals surface area contributed by atoms with Gasteiger partial charge in [0.25, 0.3) is 5.91 Å². The third-order valence-corrected chi connectivity index (χ3v) is 5.41. The van der Waals surface area contributed by atoms with Gasteiger partial charge in [0.1, 0.15) is 13.2 Å². The van der Waals surface area contributed by atoms with E-state index in [0.717, 1.165) is 18.2 Å². The molecule has 116 valence electrons. The molecule has 0 radical (unpaired) electrons. The molecule has 4 nitrogen and oxygen atoms in total. The zero-order valence-electron chi connectivity index (χ0n) is 12.6. The number of carbonyl (C=O) groups is 1. The van der Waals surface area contributed by atoms with Gasteiger partial charge in [-0.25, -0.2) is 0 Å². The number of fused-ring (bicyclic) bond motifs is 1. The standard InChI is InChI=1S/C16H22BrNO3/c1-3-16(4-2,10-17)11-18-15(19)12-6-5-7-13-14(12)21-9-8-20-13/h5-7H,3-4,8-11H2,1-2H3,(H,18,19). The summed E-state index contributed by atoms with van der Waals surface area (Å²) in [6.45, 7) is 5.95. The van der Waals surface area contributed by atoms with Gasteiger partial charge in [-0.3, -0.25) is 4.79 Å². The topological polar surface area (TPSA) is 47.6 Å². The van der Waals surface area contributed by atoms with Crippen LogP contribution in [-0.2, 0) is 0 Å². The number of rotatable bonds is 6. The summed E-state index contributed by atoms with van der Waals surface area (Å²) in [5.41, 5.74) is 0.643. The van der Waals surface area contributed by atoms with Crippen LogP contribution in [-0.4, -0.2) is 31.0 Å². The number of carbonyl (C=O) groups excluding carboxylic acids is 1. The van der Waals surface area contributed by atoms with Crippen molar-refractivity contribution in [3.63, 3.8) is 0 Å². The zero-order valence-corrected chi connectivity index (χ0v) is 14.2. The molecule has 0 fully saturated rings. The van der Waals surface area contributed by atoms with E-state index in [1.807, 2.05) is 12.1 Å². The van der Waals surface area contributed by atoms with Crippen molar-refractivity contribution in [1.82, 2.24) is 5.32 Å². The molecule has 0 saturated carbocycles. The van der Waals surface area contributed by atoms with Gasteiger partial charge in [-0.05, 0) is 30.4 Å². The van der Waals surface area contributed by atoms with Crippen LogP contribution in [0.4, 0.5) is 0 Å². The number of amides is 1. The van der Waals surface area contributed by atoms with Crippen LogP contribution in [0.5, 0.6) is 11.5 Å². The lowest BCUT2D eigenvalue weighted by Crippen LogP contribution is -2.38. The molecule has 2 rings (SSSR count). The third-order valence-electron chi connectivity index (χ3n) is 4.22. The molecule has 0 atom stereocenters. The van der Waals surface area contributed by atoms with E-state index in [0.29, 0.717) is 36.8 Å². The molecular formula is C16H22BrNO3. The Morgan fingerprint density at radius 2 is 2.00 bits per heavy atom. The summed E-state index contributed by atoms with van der Waals surface area (Å²) in [6, 6.07) is 5.42. The number of ether oxygens (including phenoxy) is 2. The highest BCUT2D eigenvalue weighted by Gasteiger charge is 2.27. The first-order valence-corrected chi connectivity index (χ1v) is 8.50. The Morgan fingerprint density at radius 1 is 1.29 bits per heavy atom. The van der Waals surface area contributed by atoms with Crippen LogP contribution in [0.2, 0.25) is 0 Å². The first kappa shape index (κ1) is 16.1. The van der Waals surface area contributed by atoms with Crippen LogP contribution < -0.4 is 14.8 Å². The van der Waals surface area contributed by atoms with E-state index in [1.54, 1.807) is 6.07 Å². The van der Waals surface area contributed by atoms with Gasteiger partial charge >= 0.3 is 0 Å². The molecule has 1 aliphatic heterocycles. The molecule has 0 aliphatic carbocycles. The lowest BCUT2D eigenvalue weighted by molar-refractivity contribution is 0.0921. The van der Waals surface area contributed by atoms with Gasteiger partial charge in [0, 0.05) is 11.9 Å². The van der Waals surface area contributed by atoms with Crippen LogP contribution in [0.25, 0.3) is 0 Å². The molecule has 0 unspecified atom stereocenters. The van der Waals surface area contributed by atoms with Crippen molar-refractivity contribution < 1.29 is 14.3 Å². The lowest BCUT2D eigenvalue weighted by atomic mass is 9.84. The molecule has 1 aromatic rings. The minimum atomic E-state index is -0.107. The summed E-state index contributed by atoms with van der Waals surface area (Å²) in [7, 11) is 0. The van der Waals surface area contributed by atoms with Gasteiger partial charge < -0.3 is 14.8 Å². The third kappa shape index (κ3) is 3.51. The molecule has 0 saturated heterocycles. The summed E-state index contributed by atoms with van der Waals surface area (Å²) < 4.78 is 11.1. The molecule has 0 spiro atoms. The second-order valence-corrected chi connectivity index (χ2v) is 5.91. The maximum atomic E-state index is 12.4. The quantitative estimate of drug-likeness (QED) is 0.795. The molecular weight excluding hydrogens is 334 g/mol. The predicted octanol–water partition coefficient (Wildman–Crippen LogP) is 3.39. The van der Waals surface area contributed by atoms with Crippen molar-refractivity contribution in [2.24, 2.45) is 5.41 Å². The highest BCUT2D eigenvalue weighted by Crippen LogP contribution is 2.34. The van der Waals surface area contributed by atoms with E-state index in [4.69, 9.17) is 9.47 Å². The van der Waals surface area contributed by atoms with E-state index >= 15 is 0 Å². The van der Waals surface area contributed by atoms with Crippen LogP contribution in [0.15, 0.2) is 18.2 Å². The number of para-hydroxylation sites is 1. The van der Waals surface area contributed by atoms with Crippen molar-refractivity contribution in [1.29, 1.82) is 0 Å². The number of alkyl halides is 1. The first-order chi connectivity index (χ1) is 10.2. The second kappa shape index (κ2) is 7.16. The van der Waals surface area contributed by atoms with Gasteiger partial charge in [-0.15, -0.1) is 0 Å². The molecule has 1 heterocycles. The van der Waals surface area contributed by atoms with Gasteiger partial charge in [0.15, 0.2) is 11.5 Å². The average Bonchev–Trinajstić information content (AvgIpc) is 2.56. The van der Waals surface area contributed by atoms with E-state index in [1.165, 1.54) is 0 Å². The summed E-state index contributed by atoms with van der Waals surface area (Å²) in [6.07, 6.45) is 2.03. The minimum Gasteiger partial charge on any atom is -0.486 e. The van der Waals surface area contributed by atoms with Crippen molar-refractivity contribution in [3.8, 4) is 11.5 Å². The smallest absolute Gasteiger partial charge is 0.255 e. The normalized spacial score (nSPS) is 13.9. The summed E-state index contributed by atoms with van der Waals surface area (Å²) in [4.78, 5) is 12.4. The fraction of sp³-hybridized carbons (Fsp3) is 0.562. The number of nitrogens with one attached hydrogen (secondary N) is 1. The Labute approximate surface area is 134 Å². The van der Waals surface area contributed by atoms with Crippen molar-refractivity contribution in [3.05, 3.63) is 23.8 Å². The Bertz CT molecular complexity index is 492. The van der Waals surface area contributed by atoms with Gasteiger partial charge in [-0.1, -0.05) is 35.8 Å². The molecule has 1 amide bonds. The summed E-state index contributed by atoms with van der Waals surface area (Å²) in [5, 5.41) is 3.91. The van der Waals surface area contributed by atoms with E-state index in [2.05, 4.69) is 35.1 Å². The second-order valence-electron chi connectivity index (χ2n) is 5.35. The molecule has 1 N–H and O–H groups in total. The van der Waals surface area contributed by atoms with Crippen LogP contribution in [0.3, 0.4) is 0 Å². The maximum absolute atomic E-state index is 12.4. The molecule has 0 bridgehead atoms. The van der Waals surface area contributed by atoms with E-state index in [9.17, 15) is 4.79 Å². The average molecular weight is 356 g/mol. The fourth-order valence-corrected chi connectivity index (χ4v) is 3.34. The fourth-order valence-electron chi connectivity index (χ4n) is 2.35. The molecule has 1 aliphatic rings. The van der Waals surface area contributed by atoms with Crippen LogP contribution >= 0.6 is 15.9 Å². The molecule has 21 heavy (non-hydrogen) atoms. The Hall–Kier alpha value is -1.23. The highest BCUT2D eigenvalue weighted by molar-refractivity contribution is 9.09. The summed E-state index contributed by atoms with van der Waals surface area (Å²) in [5.74, 6) is 1.09. The number of hydrogen-bond acceptors (Lipinski definition) is 3. The van der Waals surface area contributed by atoms with E-state index in [-0.39, 0.29) is 11.3 Å². The zero-order chi connectivity index (χ0) is 15.3. The molecule has 0 aromatic heterocycles. The number of hydrogen-bond donors (Lipinski definition) is 1. The van der Waals surface area contributed by atoms with E-state index < -0.39 is 0 Å². The molecule has 1 aromatic carbocycles. The Balaban J connectivity index is 2.11. The van der Waals surface area contributed by atoms with Crippen molar-refractivity contribution in [2.45, 2.75) is 26.7 Å². The lowest BCUT2D eigenvalue weighted by Gasteiger charge is -2.30. The van der Waals surface area contributed by atoms with Crippen molar-refractivity contribution in [2.75, 3.05) is 25.1 Å². The summed E-state index contributed by atoms with van der Waals surface area (Å²) >= 11 is 3.56.